The minimum absolute atomic E-state index is 0.722. The minimum atomic E-state index is 0.722. The van der Waals surface area contributed by atoms with Crippen molar-refractivity contribution in [1.29, 1.82) is 5.26 Å². The average molecular weight is 229 g/mol. The van der Waals surface area contributed by atoms with E-state index in [1.807, 2.05) is 17.7 Å². The highest BCUT2D eigenvalue weighted by molar-refractivity contribution is 5.28. The molecule has 1 heterocycles. The first-order chi connectivity index (χ1) is 8.26. The lowest BCUT2D eigenvalue weighted by Crippen LogP contribution is -2.33. The molecular weight excluding hydrogens is 210 g/mol. The molecule has 3 atom stereocenters. The maximum Gasteiger partial charge on any atom is 0.120 e. The lowest BCUT2D eigenvalue weighted by Gasteiger charge is -2.22. The number of nitrogens with zero attached hydrogens (tertiary/aromatic N) is 2. The molecule has 3 unspecified atom stereocenters. The second kappa shape index (κ2) is 4.19. The molecule has 17 heavy (non-hydrogen) atoms. The second-order valence-electron chi connectivity index (χ2n) is 5.62. The van der Waals surface area contributed by atoms with Crippen molar-refractivity contribution in [2.24, 2.45) is 18.9 Å². The van der Waals surface area contributed by atoms with Gasteiger partial charge in [-0.15, -0.1) is 0 Å². The lowest BCUT2D eigenvalue weighted by atomic mass is 9.95. The van der Waals surface area contributed by atoms with E-state index in [1.165, 1.54) is 31.2 Å². The average Bonchev–Trinajstić information content (AvgIpc) is 3.00. The molecule has 0 amide bonds. The van der Waals surface area contributed by atoms with Crippen molar-refractivity contribution in [3.63, 3.8) is 0 Å². The predicted octanol–water partition coefficient (Wildman–Crippen LogP) is 2.17. The summed E-state index contributed by atoms with van der Waals surface area (Å²) < 4.78 is 1.90. The Morgan fingerprint density at radius 2 is 2.35 bits per heavy atom. The van der Waals surface area contributed by atoms with Crippen LogP contribution in [0.4, 0.5) is 0 Å². The lowest BCUT2D eigenvalue weighted by molar-refractivity contribution is 0.350. The van der Waals surface area contributed by atoms with Crippen LogP contribution < -0.4 is 5.32 Å². The normalized spacial score (nSPS) is 30.7. The van der Waals surface area contributed by atoms with Crippen LogP contribution in [-0.2, 0) is 13.6 Å². The van der Waals surface area contributed by atoms with E-state index in [0.717, 1.165) is 30.1 Å². The third kappa shape index (κ3) is 1.98. The van der Waals surface area contributed by atoms with Crippen LogP contribution in [0.15, 0.2) is 12.3 Å². The third-order valence-electron chi connectivity index (χ3n) is 4.48. The largest absolute Gasteiger partial charge is 0.342 e. The third-order valence-corrected chi connectivity index (χ3v) is 4.48. The van der Waals surface area contributed by atoms with E-state index >= 15 is 0 Å². The monoisotopic (exact) mass is 229 g/mol. The summed E-state index contributed by atoms with van der Waals surface area (Å²) in [5, 5.41) is 12.6. The summed E-state index contributed by atoms with van der Waals surface area (Å²) in [7, 11) is 1.93. The Kier molecular flexibility index (Phi) is 2.68. The van der Waals surface area contributed by atoms with Gasteiger partial charge in [0.15, 0.2) is 0 Å². The van der Waals surface area contributed by atoms with Crippen molar-refractivity contribution in [3.8, 4) is 6.07 Å². The van der Waals surface area contributed by atoms with Gasteiger partial charge in [0.1, 0.15) is 11.8 Å². The second-order valence-corrected chi connectivity index (χ2v) is 5.62. The SMILES string of the molecule is Cn1cc(CNC2CC3CCC2C3)cc1C#N. The van der Waals surface area contributed by atoms with Crippen LogP contribution in [0.1, 0.15) is 36.9 Å². The predicted molar refractivity (Wildman–Crippen MR) is 66.2 cm³/mol. The number of aryl methyl sites for hydroxylation is 1. The van der Waals surface area contributed by atoms with Gasteiger partial charge in [-0.2, -0.15) is 5.26 Å². The van der Waals surface area contributed by atoms with E-state index in [2.05, 4.69) is 17.6 Å². The number of nitriles is 1. The van der Waals surface area contributed by atoms with Gasteiger partial charge < -0.3 is 9.88 Å². The first-order valence-electron chi connectivity index (χ1n) is 6.55. The molecule has 3 nitrogen and oxygen atoms in total. The van der Waals surface area contributed by atoms with Crippen LogP contribution >= 0.6 is 0 Å². The van der Waals surface area contributed by atoms with Crippen molar-refractivity contribution in [1.82, 2.24) is 9.88 Å². The van der Waals surface area contributed by atoms with E-state index in [1.54, 1.807) is 0 Å². The molecule has 2 bridgehead atoms. The maximum atomic E-state index is 8.91. The van der Waals surface area contributed by atoms with Crippen LogP contribution in [0.25, 0.3) is 0 Å². The molecule has 2 saturated carbocycles. The molecule has 0 radical (unpaired) electrons. The fraction of sp³-hybridized carbons (Fsp3) is 0.643. The Bertz CT molecular complexity index is 455. The van der Waals surface area contributed by atoms with Crippen molar-refractivity contribution >= 4 is 0 Å². The fourth-order valence-corrected chi connectivity index (χ4v) is 3.58. The molecule has 3 heteroatoms. The summed E-state index contributed by atoms with van der Waals surface area (Å²) in [6.45, 7) is 0.906. The summed E-state index contributed by atoms with van der Waals surface area (Å²) >= 11 is 0. The molecule has 2 fully saturated rings. The molecule has 0 spiro atoms. The van der Waals surface area contributed by atoms with E-state index < -0.39 is 0 Å². The van der Waals surface area contributed by atoms with Gasteiger partial charge in [0, 0.05) is 25.8 Å². The standard InChI is InChI=1S/C14H19N3/c1-17-9-11(5-13(17)7-15)8-16-14-6-10-2-3-12(14)4-10/h5,9-10,12,14,16H,2-4,6,8H2,1H3. The fourth-order valence-electron chi connectivity index (χ4n) is 3.58. The topological polar surface area (TPSA) is 40.8 Å². The summed E-state index contributed by atoms with van der Waals surface area (Å²) in [5.41, 5.74) is 1.97. The molecule has 0 saturated heterocycles. The Hall–Kier alpha value is -1.27. The van der Waals surface area contributed by atoms with Crippen LogP contribution in [0.5, 0.6) is 0 Å². The Morgan fingerprint density at radius 3 is 2.94 bits per heavy atom. The van der Waals surface area contributed by atoms with Gasteiger partial charge in [-0.25, -0.2) is 0 Å². The quantitative estimate of drug-likeness (QED) is 0.863. The van der Waals surface area contributed by atoms with Crippen LogP contribution in [0.3, 0.4) is 0 Å². The summed E-state index contributed by atoms with van der Waals surface area (Å²) in [5.74, 6) is 1.90. The molecule has 0 aliphatic heterocycles. The Balaban J connectivity index is 1.59. The number of aromatic nitrogens is 1. The number of fused-ring (bicyclic) bond motifs is 2. The van der Waals surface area contributed by atoms with Gasteiger partial charge in [-0.1, -0.05) is 6.42 Å². The van der Waals surface area contributed by atoms with Gasteiger partial charge in [0.25, 0.3) is 0 Å². The zero-order chi connectivity index (χ0) is 11.8. The molecule has 3 rings (SSSR count). The summed E-state index contributed by atoms with van der Waals surface area (Å²) in [4.78, 5) is 0. The molecule has 90 valence electrons. The summed E-state index contributed by atoms with van der Waals surface area (Å²) in [6.07, 6.45) is 7.73. The number of nitrogens with one attached hydrogen (secondary N) is 1. The molecule has 2 aliphatic rings. The zero-order valence-electron chi connectivity index (χ0n) is 10.3. The smallest absolute Gasteiger partial charge is 0.120 e. The maximum absolute atomic E-state index is 8.91. The number of hydrogen-bond acceptors (Lipinski definition) is 2. The van der Waals surface area contributed by atoms with E-state index in [-0.39, 0.29) is 0 Å². The molecule has 0 aromatic carbocycles. The Labute approximate surface area is 102 Å². The van der Waals surface area contributed by atoms with Gasteiger partial charge in [-0.05, 0) is 42.7 Å². The van der Waals surface area contributed by atoms with Crippen LogP contribution in [0, 0.1) is 23.2 Å². The van der Waals surface area contributed by atoms with Gasteiger partial charge in [0.05, 0.1) is 0 Å². The van der Waals surface area contributed by atoms with Gasteiger partial charge in [0.2, 0.25) is 0 Å². The van der Waals surface area contributed by atoms with E-state index in [9.17, 15) is 0 Å². The van der Waals surface area contributed by atoms with E-state index in [4.69, 9.17) is 5.26 Å². The first kappa shape index (κ1) is 10.9. The van der Waals surface area contributed by atoms with Gasteiger partial charge >= 0.3 is 0 Å². The minimum Gasteiger partial charge on any atom is -0.342 e. The molecule has 1 N–H and O–H groups in total. The van der Waals surface area contributed by atoms with Crippen LogP contribution in [0.2, 0.25) is 0 Å². The highest BCUT2D eigenvalue weighted by Crippen LogP contribution is 2.44. The molecule has 1 aromatic heterocycles. The summed E-state index contributed by atoms with van der Waals surface area (Å²) in [6, 6.07) is 4.91. The molecule has 2 aliphatic carbocycles. The Morgan fingerprint density at radius 1 is 1.47 bits per heavy atom. The van der Waals surface area contributed by atoms with Crippen molar-refractivity contribution in [2.45, 2.75) is 38.3 Å². The number of hydrogen-bond donors (Lipinski definition) is 1. The number of rotatable bonds is 3. The van der Waals surface area contributed by atoms with Crippen LogP contribution in [-0.4, -0.2) is 10.6 Å². The first-order valence-corrected chi connectivity index (χ1v) is 6.55. The highest BCUT2D eigenvalue weighted by atomic mass is 15.0. The molecule has 1 aromatic rings. The zero-order valence-corrected chi connectivity index (χ0v) is 10.3. The highest BCUT2D eigenvalue weighted by Gasteiger charge is 2.38. The van der Waals surface area contributed by atoms with Crippen molar-refractivity contribution in [3.05, 3.63) is 23.5 Å². The van der Waals surface area contributed by atoms with Crippen molar-refractivity contribution in [2.75, 3.05) is 0 Å². The molecular formula is C14H19N3. The van der Waals surface area contributed by atoms with Crippen molar-refractivity contribution < 1.29 is 0 Å². The van der Waals surface area contributed by atoms with E-state index in [0.29, 0.717) is 0 Å². The van der Waals surface area contributed by atoms with Gasteiger partial charge in [-0.3, -0.25) is 0 Å².